The number of alkyl halides is 2. The Kier molecular flexibility index (Phi) is 6.31. The van der Waals surface area contributed by atoms with Crippen LogP contribution >= 0.6 is 0 Å². The van der Waals surface area contributed by atoms with Gasteiger partial charge in [0, 0.05) is 19.2 Å². The zero-order valence-electron chi connectivity index (χ0n) is 17.5. The summed E-state index contributed by atoms with van der Waals surface area (Å²) in [6.07, 6.45) is 1.76. The summed E-state index contributed by atoms with van der Waals surface area (Å²) in [6.45, 7) is 3.02. The molecule has 1 saturated heterocycles. The molecule has 0 amide bonds. The summed E-state index contributed by atoms with van der Waals surface area (Å²) in [4.78, 5) is 15.0. The molecule has 1 fully saturated rings. The summed E-state index contributed by atoms with van der Waals surface area (Å²) >= 11 is 0. The third-order valence-electron chi connectivity index (χ3n) is 5.23. The molecule has 1 N–H and O–H groups in total. The van der Waals surface area contributed by atoms with Crippen LogP contribution in [0, 0.1) is 0 Å². The van der Waals surface area contributed by atoms with Gasteiger partial charge in [0.15, 0.2) is 5.65 Å². The highest BCUT2D eigenvalue weighted by molar-refractivity contribution is 7.88. The standard InChI is InChI=1S/C19H23F2N7O3S/c1-3-12-10-31-13(7-25-32(2,29)30)9-27(12)18-6-15(23-11-24-18)16-8-22-17-5-4-14(19(20)21)26-28(16)17/h4-6,8,11-13,19,25H,3,7,9-10H2,1-2H3. The molecule has 4 rings (SSSR count). The van der Waals surface area contributed by atoms with Crippen molar-refractivity contribution in [1.29, 1.82) is 0 Å². The molecule has 0 spiro atoms. The van der Waals surface area contributed by atoms with Crippen LogP contribution in [0.25, 0.3) is 17.0 Å². The predicted molar refractivity (Wildman–Crippen MR) is 113 cm³/mol. The van der Waals surface area contributed by atoms with Crippen LogP contribution in [0.5, 0.6) is 0 Å². The van der Waals surface area contributed by atoms with Gasteiger partial charge in [-0.3, -0.25) is 0 Å². The second-order valence-corrected chi connectivity index (χ2v) is 9.36. The fraction of sp³-hybridized carbons (Fsp3) is 0.474. The molecule has 1 aliphatic rings. The summed E-state index contributed by atoms with van der Waals surface area (Å²) in [7, 11) is -3.34. The lowest BCUT2D eigenvalue weighted by Crippen LogP contribution is -2.53. The molecule has 0 radical (unpaired) electrons. The molecule has 0 saturated carbocycles. The van der Waals surface area contributed by atoms with E-state index in [1.807, 2.05) is 11.8 Å². The molecule has 1 aliphatic heterocycles. The van der Waals surface area contributed by atoms with Crippen molar-refractivity contribution in [2.75, 3.05) is 30.9 Å². The van der Waals surface area contributed by atoms with Crippen LogP contribution in [0.1, 0.15) is 25.5 Å². The maximum Gasteiger partial charge on any atom is 0.282 e. The normalized spacial score (nSPS) is 19.7. The average molecular weight is 468 g/mol. The largest absolute Gasteiger partial charge is 0.373 e. The number of fused-ring (bicyclic) bond motifs is 1. The SMILES string of the molecule is CCC1COC(CNS(C)(=O)=O)CN1c1cc(-c2cnc3ccc(C(F)F)nn23)ncn1. The number of hydrogen-bond acceptors (Lipinski definition) is 8. The minimum absolute atomic E-state index is 0.0398. The average Bonchev–Trinajstić information content (AvgIpc) is 3.20. The first-order valence-corrected chi connectivity index (χ1v) is 11.9. The van der Waals surface area contributed by atoms with Gasteiger partial charge in [-0.1, -0.05) is 6.92 Å². The van der Waals surface area contributed by atoms with Gasteiger partial charge in [0.05, 0.1) is 36.9 Å². The van der Waals surface area contributed by atoms with E-state index in [1.165, 1.54) is 29.2 Å². The van der Waals surface area contributed by atoms with Crippen LogP contribution in [0.2, 0.25) is 0 Å². The number of nitrogens with zero attached hydrogens (tertiary/aromatic N) is 6. The van der Waals surface area contributed by atoms with Gasteiger partial charge >= 0.3 is 0 Å². The van der Waals surface area contributed by atoms with Crippen LogP contribution in [-0.2, 0) is 14.8 Å². The zero-order valence-corrected chi connectivity index (χ0v) is 18.3. The van der Waals surface area contributed by atoms with E-state index >= 15 is 0 Å². The number of ether oxygens (including phenoxy) is 1. The predicted octanol–water partition coefficient (Wildman–Crippen LogP) is 1.66. The Balaban J connectivity index is 1.64. The molecule has 0 aliphatic carbocycles. The van der Waals surface area contributed by atoms with Crippen LogP contribution in [0.4, 0.5) is 14.6 Å². The van der Waals surface area contributed by atoms with E-state index in [0.29, 0.717) is 36.0 Å². The van der Waals surface area contributed by atoms with Gasteiger partial charge in [-0.15, -0.1) is 0 Å². The van der Waals surface area contributed by atoms with Crippen LogP contribution in [0.3, 0.4) is 0 Å². The lowest BCUT2D eigenvalue weighted by molar-refractivity contribution is 0.0217. The summed E-state index contributed by atoms with van der Waals surface area (Å²) in [5.41, 5.74) is 1.01. The first-order valence-electron chi connectivity index (χ1n) is 10.0. The third-order valence-corrected chi connectivity index (χ3v) is 5.92. The van der Waals surface area contributed by atoms with Crippen molar-refractivity contribution in [1.82, 2.24) is 29.3 Å². The van der Waals surface area contributed by atoms with Gasteiger partial charge in [0.25, 0.3) is 6.43 Å². The van der Waals surface area contributed by atoms with Gasteiger partial charge in [0.2, 0.25) is 10.0 Å². The van der Waals surface area contributed by atoms with Crippen molar-refractivity contribution in [2.24, 2.45) is 0 Å². The first kappa shape index (κ1) is 22.4. The number of anilines is 1. The highest BCUT2D eigenvalue weighted by Gasteiger charge is 2.29. The van der Waals surface area contributed by atoms with E-state index in [9.17, 15) is 17.2 Å². The molecule has 0 bridgehead atoms. The van der Waals surface area contributed by atoms with Crippen molar-refractivity contribution in [3.63, 3.8) is 0 Å². The first-order chi connectivity index (χ1) is 15.2. The Morgan fingerprint density at radius 3 is 2.81 bits per heavy atom. The number of imidazole rings is 1. The number of nitrogens with one attached hydrogen (secondary N) is 1. The molecule has 3 aromatic rings. The molecular weight excluding hydrogens is 444 g/mol. The summed E-state index contributed by atoms with van der Waals surface area (Å²) in [5.74, 6) is 0.620. The van der Waals surface area contributed by atoms with E-state index in [0.717, 1.165) is 12.7 Å². The van der Waals surface area contributed by atoms with Gasteiger partial charge in [0.1, 0.15) is 23.5 Å². The Morgan fingerprint density at radius 2 is 2.09 bits per heavy atom. The van der Waals surface area contributed by atoms with Gasteiger partial charge in [-0.2, -0.15) is 5.10 Å². The summed E-state index contributed by atoms with van der Waals surface area (Å²) in [6, 6.07) is 4.51. The fourth-order valence-corrected chi connectivity index (χ4v) is 4.06. The maximum atomic E-state index is 13.1. The molecule has 172 valence electrons. The molecule has 3 aromatic heterocycles. The van der Waals surface area contributed by atoms with Crippen molar-refractivity contribution >= 4 is 21.5 Å². The highest BCUT2D eigenvalue weighted by atomic mass is 32.2. The maximum absolute atomic E-state index is 13.1. The molecule has 32 heavy (non-hydrogen) atoms. The number of rotatable bonds is 7. The van der Waals surface area contributed by atoms with E-state index in [4.69, 9.17) is 4.74 Å². The lowest BCUT2D eigenvalue weighted by atomic mass is 10.1. The lowest BCUT2D eigenvalue weighted by Gasteiger charge is -2.40. The highest BCUT2D eigenvalue weighted by Crippen LogP contribution is 2.26. The van der Waals surface area contributed by atoms with Crippen molar-refractivity contribution < 1.29 is 21.9 Å². The number of morpholine rings is 1. The minimum Gasteiger partial charge on any atom is -0.373 e. The minimum atomic E-state index is -3.34. The van der Waals surface area contributed by atoms with Crippen molar-refractivity contribution in [3.05, 3.63) is 36.4 Å². The summed E-state index contributed by atoms with van der Waals surface area (Å²) < 4.78 is 58.7. The van der Waals surface area contributed by atoms with Gasteiger partial charge in [-0.05, 0) is 18.6 Å². The fourth-order valence-electron chi connectivity index (χ4n) is 3.57. The third kappa shape index (κ3) is 4.84. The van der Waals surface area contributed by atoms with E-state index < -0.39 is 16.4 Å². The molecule has 2 atom stereocenters. The second-order valence-electron chi connectivity index (χ2n) is 7.52. The molecule has 4 heterocycles. The van der Waals surface area contributed by atoms with Crippen molar-refractivity contribution in [2.45, 2.75) is 31.9 Å². The van der Waals surface area contributed by atoms with E-state index in [1.54, 1.807) is 6.07 Å². The van der Waals surface area contributed by atoms with Gasteiger partial charge in [-0.25, -0.2) is 41.4 Å². The molecule has 2 unspecified atom stereocenters. The second kappa shape index (κ2) is 9.00. The quantitative estimate of drug-likeness (QED) is 0.558. The number of hydrogen-bond donors (Lipinski definition) is 1. The van der Waals surface area contributed by atoms with Gasteiger partial charge < -0.3 is 9.64 Å². The van der Waals surface area contributed by atoms with E-state index in [2.05, 4.69) is 24.8 Å². The Labute approximate surface area is 183 Å². The monoisotopic (exact) mass is 467 g/mol. The number of sulfonamides is 1. The Hall–Kier alpha value is -2.77. The zero-order chi connectivity index (χ0) is 22.9. The van der Waals surface area contributed by atoms with Crippen LogP contribution in [0.15, 0.2) is 30.7 Å². The topological polar surface area (TPSA) is 115 Å². The summed E-state index contributed by atoms with van der Waals surface area (Å²) in [5, 5.41) is 3.99. The molecule has 0 aromatic carbocycles. The van der Waals surface area contributed by atoms with E-state index in [-0.39, 0.29) is 24.4 Å². The van der Waals surface area contributed by atoms with Crippen LogP contribution in [-0.4, -0.2) is 71.1 Å². The molecule has 10 nitrogen and oxygen atoms in total. The molecule has 13 heteroatoms. The number of aromatic nitrogens is 5. The number of halogens is 2. The smallest absolute Gasteiger partial charge is 0.282 e. The van der Waals surface area contributed by atoms with Crippen LogP contribution < -0.4 is 9.62 Å². The van der Waals surface area contributed by atoms with Crippen molar-refractivity contribution in [3.8, 4) is 11.4 Å². The Morgan fingerprint density at radius 1 is 1.28 bits per heavy atom. The Bertz CT molecular complexity index is 1200. The molecular formula is C19H23F2N7O3S.